The van der Waals surface area contributed by atoms with Crippen molar-refractivity contribution in [3.05, 3.63) is 65.0 Å². The summed E-state index contributed by atoms with van der Waals surface area (Å²) >= 11 is 0. The van der Waals surface area contributed by atoms with Gasteiger partial charge in [0.1, 0.15) is 0 Å². The van der Waals surface area contributed by atoms with Gasteiger partial charge in [-0.1, -0.05) is 18.2 Å². The number of hydrogen-bond donors (Lipinski definition) is 3. The van der Waals surface area contributed by atoms with Crippen molar-refractivity contribution in [3.8, 4) is 5.75 Å². The van der Waals surface area contributed by atoms with Gasteiger partial charge in [0.05, 0.1) is 12.9 Å². The number of carbonyl (C=O) groups excluding carboxylic acids is 1. The van der Waals surface area contributed by atoms with Crippen LogP contribution in [0.15, 0.2) is 42.5 Å². The molecule has 1 unspecified atom stereocenters. The Bertz CT molecular complexity index is 1040. The maximum absolute atomic E-state index is 13.7. The van der Waals surface area contributed by atoms with E-state index < -0.39 is 10.0 Å². The summed E-state index contributed by atoms with van der Waals surface area (Å²) in [5.74, 6) is -0.354. The zero-order valence-corrected chi connectivity index (χ0v) is 19.1. The average molecular weight is 464 g/mol. The third-order valence-electron chi connectivity index (χ3n) is 5.91. The Labute approximate surface area is 188 Å². The number of benzene rings is 2. The molecule has 7 nitrogen and oxygen atoms in total. The van der Waals surface area contributed by atoms with E-state index in [-0.39, 0.29) is 35.8 Å². The normalized spacial score (nSPS) is 19.5. The second-order valence-corrected chi connectivity index (χ2v) is 9.97. The molecule has 32 heavy (non-hydrogen) atoms. The Morgan fingerprint density at radius 1 is 1.22 bits per heavy atom. The van der Waals surface area contributed by atoms with Gasteiger partial charge in [0.15, 0.2) is 11.6 Å². The smallest absolute Gasteiger partial charge is 0.251 e. The third-order valence-corrected chi connectivity index (χ3v) is 6.68. The molecule has 0 radical (unpaired) electrons. The summed E-state index contributed by atoms with van der Waals surface area (Å²) in [6.07, 6.45) is 3.04. The molecule has 0 aliphatic heterocycles. The predicted octanol–water partition coefficient (Wildman–Crippen LogP) is 2.84. The second-order valence-electron chi connectivity index (χ2n) is 8.23. The van der Waals surface area contributed by atoms with Crippen LogP contribution in [0.5, 0.6) is 5.75 Å². The topological polar surface area (TPSA) is 111 Å². The Morgan fingerprint density at radius 3 is 2.59 bits per heavy atom. The Hall–Kier alpha value is -2.49. The van der Waals surface area contributed by atoms with E-state index in [0.29, 0.717) is 17.5 Å². The zero-order valence-electron chi connectivity index (χ0n) is 18.3. The Morgan fingerprint density at radius 2 is 1.94 bits per heavy atom. The van der Waals surface area contributed by atoms with Crippen LogP contribution in [0.4, 0.5) is 4.39 Å². The van der Waals surface area contributed by atoms with Crippen LogP contribution in [0.2, 0.25) is 0 Å². The van der Waals surface area contributed by atoms with Crippen LogP contribution in [0.25, 0.3) is 0 Å². The summed E-state index contributed by atoms with van der Waals surface area (Å²) in [5, 5.41) is 11.1. The van der Waals surface area contributed by atoms with Gasteiger partial charge in [-0.3, -0.25) is 4.79 Å². The number of nitrogens with two attached hydrogens (primary N) is 1. The lowest BCUT2D eigenvalue weighted by atomic mass is 9.96. The van der Waals surface area contributed by atoms with Crippen LogP contribution in [-0.2, 0) is 10.0 Å². The summed E-state index contributed by atoms with van der Waals surface area (Å²) in [4.78, 5) is 12.1. The quantitative estimate of drug-likeness (QED) is 0.530. The Balaban J connectivity index is 1.53. The molecule has 0 saturated heterocycles. The van der Waals surface area contributed by atoms with Crippen molar-refractivity contribution in [2.75, 3.05) is 19.4 Å². The molecule has 3 rings (SSSR count). The van der Waals surface area contributed by atoms with E-state index in [1.54, 1.807) is 24.3 Å². The van der Waals surface area contributed by atoms with Gasteiger partial charge in [-0.05, 0) is 67.5 Å². The third kappa shape index (κ3) is 6.51. The molecule has 3 atom stereocenters. The largest absolute Gasteiger partial charge is 0.494 e. The number of sulfonamides is 1. The summed E-state index contributed by atoms with van der Waals surface area (Å²) in [7, 11) is -2.14. The first-order valence-electron chi connectivity index (χ1n) is 10.6. The summed E-state index contributed by atoms with van der Waals surface area (Å²) in [6.45, 7) is 2.04. The number of carbonyl (C=O) groups is 1. The molecular formula is C23H30FN3O4S. The molecule has 1 aliphatic carbocycles. The predicted molar refractivity (Wildman–Crippen MR) is 122 cm³/mol. The zero-order chi connectivity index (χ0) is 23.3. The molecule has 1 amide bonds. The van der Waals surface area contributed by atoms with E-state index in [2.05, 4.69) is 17.6 Å². The van der Waals surface area contributed by atoms with Gasteiger partial charge < -0.3 is 15.4 Å². The number of rotatable bonds is 9. The lowest BCUT2D eigenvalue weighted by Gasteiger charge is -2.21. The molecule has 0 bridgehead atoms. The average Bonchev–Trinajstić information content (AvgIpc) is 3.21. The van der Waals surface area contributed by atoms with Gasteiger partial charge in [0.25, 0.3) is 5.91 Å². The molecule has 0 heterocycles. The highest BCUT2D eigenvalue weighted by atomic mass is 32.2. The number of nitrogens with one attached hydrogen (secondary N) is 2. The number of methoxy groups -OCH3 is 1. The first-order valence-corrected chi connectivity index (χ1v) is 12.4. The highest BCUT2D eigenvalue weighted by Crippen LogP contribution is 2.35. The minimum atomic E-state index is -3.60. The van der Waals surface area contributed by atoms with Crippen molar-refractivity contribution in [1.82, 2.24) is 10.6 Å². The fraction of sp³-hybridized carbons (Fsp3) is 0.435. The van der Waals surface area contributed by atoms with E-state index in [0.717, 1.165) is 24.8 Å². The fourth-order valence-electron chi connectivity index (χ4n) is 4.15. The highest BCUT2D eigenvalue weighted by Gasteiger charge is 2.27. The minimum Gasteiger partial charge on any atom is -0.494 e. The van der Waals surface area contributed by atoms with Crippen LogP contribution in [0.1, 0.15) is 59.6 Å². The summed E-state index contributed by atoms with van der Waals surface area (Å²) in [5.41, 5.74) is 2.63. The number of ether oxygens (including phenoxy) is 1. The lowest BCUT2D eigenvalue weighted by molar-refractivity contribution is 0.0956. The van der Waals surface area contributed by atoms with Crippen molar-refractivity contribution < 1.29 is 22.3 Å². The van der Waals surface area contributed by atoms with Gasteiger partial charge >= 0.3 is 0 Å². The van der Waals surface area contributed by atoms with Crippen molar-refractivity contribution in [2.24, 2.45) is 5.14 Å². The van der Waals surface area contributed by atoms with E-state index in [1.165, 1.54) is 18.7 Å². The molecule has 1 fully saturated rings. The van der Waals surface area contributed by atoms with Crippen LogP contribution >= 0.6 is 0 Å². The van der Waals surface area contributed by atoms with Gasteiger partial charge in [0.2, 0.25) is 10.0 Å². The number of amides is 1. The lowest BCUT2D eigenvalue weighted by Crippen LogP contribution is -2.31. The van der Waals surface area contributed by atoms with E-state index in [4.69, 9.17) is 9.88 Å². The maximum atomic E-state index is 13.7. The van der Waals surface area contributed by atoms with E-state index >= 15 is 0 Å². The molecular weight excluding hydrogens is 433 g/mol. The van der Waals surface area contributed by atoms with Gasteiger partial charge in [-0.15, -0.1) is 0 Å². The van der Waals surface area contributed by atoms with Crippen LogP contribution in [0.3, 0.4) is 0 Å². The minimum absolute atomic E-state index is 0.0203. The first kappa shape index (κ1) is 24.2. The van der Waals surface area contributed by atoms with Crippen molar-refractivity contribution in [1.29, 1.82) is 0 Å². The molecule has 0 spiro atoms. The molecule has 0 aromatic heterocycles. The molecule has 1 saturated carbocycles. The van der Waals surface area contributed by atoms with Crippen molar-refractivity contribution in [2.45, 2.75) is 44.2 Å². The molecule has 9 heteroatoms. The van der Waals surface area contributed by atoms with Gasteiger partial charge in [0, 0.05) is 24.2 Å². The standard InChI is InChI=1S/C23H30FN3O4S/c1-15(18-8-10-21(24)22(14-18)31-2)27-20-9-7-19(13-20)16-3-5-17(6-4-16)23(28)26-11-12-32(25,29)30/h3-6,8,10,14-15,19-20,27H,7,9,11-13H2,1-2H3,(H,26,28)(H2,25,29,30)/t15-,19-,20?/m1/s1. The molecule has 1 aliphatic rings. The fourth-order valence-corrected chi connectivity index (χ4v) is 4.53. The molecule has 174 valence electrons. The molecule has 2 aromatic rings. The number of primary sulfonamides is 1. The molecule has 2 aromatic carbocycles. The highest BCUT2D eigenvalue weighted by molar-refractivity contribution is 7.89. The van der Waals surface area contributed by atoms with Crippen LogP contribution in [-0.4, -0.2) is 39.8 Å². The molecule has 4 N–H and O–H groups in total. The van der Waals surface area contributed by atoms with Crippen LogP contribution < -0.4 is 20.5 Å². The van der Waals surface area contributed by atoms with E-state index in [9.17, 15) is 17.6 Å². The van der Waals surface area contributed by atoms with Gasteiger partial charge in [-0.25, -0.2) is 17.9 Å². The van der Waals surface area contributed by atoms with E-state index in [1.807, 2.05) is 12.1 Å². The van der Waals surface area contributed by atoms with Crippen molar-refractivity contribution in [3.63, 3.8) is 0 Å². The first-order chi connectivity index (χ1) is 15.2. The van der Waals surface area contributed by atoms with Gasteiger partial charge in [-0.2, -0.15) is 0 Å². The van der Waals surface area contributed by atoms with Crippen LogP contribution in [0, 0.1) is 5.82 Å². The SMILES string of the molecule is COc1cc([C@@H](C)NC2CC[C@@H](c3ccc(C(=O)NCCS(N)(=O)=O)cc3)C2)ccc1F. The summed E-state index contributed by atoms with van der Waals surface area (Å²) < 4.78 is 40.7. The number of hydrogen-bond acceptors (Lipinski definition) is 5. The Kier molecular flexibility index (Phi) is 7.86. The summed E-state index contributed by atoms with van der Waals surface area (Å²) in [6, 6.07) is 12.8. The second kappa shape index (κ2) is 10.4. The van der Waals surface area contributed by atoms with Crippen molar-refractivity contribution >= 4 is 15.9 Å². The monoisotopic (exact) mass is 463 g/mol. The number of halogens is 1. The maximum Gasteiger partial charge on any atom is 0.251 e.